The van der Waals surface area contributed by atoms with E-state index in [9.17, 15) is 29.4 Å². The molecule has 0 atom stereocenters. The maximum absolute atomic E-state index is 12.9. The van der Waals surface area contributed by atoms with Crippen LogP contribution in [0, 0.1) is 0 Å². The highest BCUT2D eigenvalue weighted by molar-refractivity contribution is 6.35. The van der Waals surface area contributed by atoms with Gasteiger partial charge in [0.1, 0.15) is 23.0 Å². The van der Waals surface area contributed by atoms with E-state index in [2.05, 4.69) is 0 Å². The number of anilines is 2. The number of carbonyl (C=O) groups excluding carboxylic acids is 4. The zero-order valence-electron chi connectivity index (χ0n) is 20.0. The minimum atomic E-state index is -0.551. The highest BCUT2D eigenvalue weighted by Crippen LogP contribution is 2.34. The number of phenols is 2. The minimum Gasteiger partial charge on any atom is -0.508 e. The summed E-state index contributed by atoms with van der Waals surface area (Å²) in [5.74, 6) is -1.73. The molecule has 0 saturated heterocycles. The van der Waals surface area contributed by atoms with Crippen LogP contribution in [0.5, 0.6) is 23.0 Å². The summed E-state index contributed by atoms with van der Waals surface area (Å²) in [6.45, 7) is -0.283. The molecule has 0 aliphatic carbocycles. The van der Waals surface area contributed by atoms with Crippen LogP contribution in [0.3, 0.4) is 0 Å². The van der Waals surface area contributed by atoms with Crippen molar-refractivity contribution >= 4 is 35.0 Å². The largest absolute Gasteiger partial charge is 0.508 e. The average Bonchev–Trinajstić information content (AvgIpc) is 3.32. The first-order valence-electron chi connectivity index (χ1n) is 11.7. The van der Waals surface area contributed by atoms with Gasteiger partial charge in [0.25, 0.3) is 23.6 Å². The van der Waals surface area contributed by atoms with E-state index in [4.69, 9.17) is 9.47 Å². The Morgan fingerprint density at radius 3 is 1.33 bits per heavy atom. The van der Waals surface area contributed by atoms with Crippen LogP contribution in [-0.4, -0.2) is 40.6 Å². The number of fused-ring (bicyclic) bond motifs is 2. The fraction of sp³-hybridized carbons (Fsp3) is 0.0345. The first-order chi connectivity index (χ1) is 18.8. The molecule has 39 heavy (non-hydrogen) atoms. The van der Waals surface area contributed by atoms with E-state index in [1.807, 2.05) is 0 Å². The van der Waals surface area contributed by atoms with Gasteiger partial charge in [-0.05, 0) is 60.7 Å². The van der Waals surface area contributed by atoms with Crippen molar-refractivity contribution in [1.29, 1.82) is 0 Å². The highest BCUT2D eigenvalue weighted by Gasteiger charge is 2.38. The van der Waals surface area contributed by atoms with Crippen molar-refractivity contribution in [3.05, 3.63) is 107 Å². The molecule has 0 unspecified atom stereocenters. The highest BCUT2D eigenvalue weighted by atomic mass is 16.7. The van der Waals surface area contributed by atoms with Gasteiger partial charge in [-0.1, -0.05) is 12.1 Å². The van der Waals surface area contributed by atoms with Gasteiger partial charge in [0.2, 0.25) is 6.79 Å². The molecule has 2 aliphatic rings. The average molecular weight is 522 g/mol. The second-order valence-electron chi connectivity index (χ2n) is 8.75. The van der Waals surface area contributed by atoms with E-state index in [1.165, 1.54) is 72.8 Å². The van der Waals surface area contributed by atoms with Gasteiger partial charge < -0.3 is 19.7 Å². The first-order valence-corrected chi connectivity index (χ1v) is 11.7. The number of hydrogen-bond acceptors (Lipinski definition) is 8. The summed E-state index contributed by atoms with van der Waals surface area (Å²) in [5, 5.41) is 19.4. The van der Waals surface area contributed by atoms with E-state index in [0.717, 1.165) is 9.80 Å². The molecule has 2 heterocycles. The lowest BCUT2D eigenvalue weighted by atomic mass is 10.1. The first kappa shape index (κ1) is 23.7. The SMILES string of the molecule is O=C1c2ccc(OCOc3ccc4c(c3)C(=O)N(c3cccc(O)c3)C4=O)cc2C(=O)N1c1cccc(O)c1. The number of aromatic hydroxyl groups is 2. The van der Waals surface area contributed by atoms with Gasteiger partial charge in [0.05, 0.1) is 33.6 Å². The van der Waals surface area contributed by atoms with Crippen molar-refractivity contribution in [2.45, 2.75) is 0 Å². The van der Waals surface area contributed by atoms with Gasteiger partial charge in [-0.2, -0.15) is 0 Å². The third-order valence-electron chi connectivity index (χ3n) is 6.34. The Kier molecular flexibility index (Phi) is 5.50. The summed E-state index contributed by atoms with van der Waals surface area (Å²) in [6.07, 6.45) is 0. The third kappa shape index (κ3) is 4.00. The number of benzene rings is 4. The molecule has 0 fully saturated rings. The quantitative estimate of drug-likeness (QED) is 0.285. The fourth-order valence-corrected chi connectivity index (χ4v) is 4.52. The topological polar surface area (TPSA) is 134 Å². The number of hydrogen-bond donors (Lipinski definition) is 2. The lowest BCUT2D eigenvalue weighted by molar-refractivity contribution is 0.0910. The Labute approximate surface area is 220 Å². The molecule has 0 radical (unpaired) electrons. The molecule has 0 saturated carbocycles. The summed E-state index contributed by atoms with van der Waals surface area (Å²) in [4.78, 5) is 53.4. The Balaban J connectivity index is 1.15. The Morgan fingerprint density at radius 2 is 0.923 bits per heavy atom. The molecule has 4 aromatic carbocycles. The normalized spacial score (nSPS) is 14.1. The number of rotatable bonds is 6. The lowest BCUT2D eigenvalue weighted by Gasteiger charge is -2.13. The Morgan fingerprint density at radius 1 is 0.513 bits per heavy atom. The van der Waals surface area contributed by atoms with E-state index < -0.39 is 23.6 Å². The third-order valence-corrected chi connectivity index (χ3v) is 6.34. The van der Waals surface area contributed by atoms with Crippen LogP contribution in [-0.2, 0) is 0 Å². The molecule has 10 heteroatoms. The molecule has 0 aromatic heterocycles. The standard InChI is InChI=1S/C29H18N2O8/c32-18-5-1-3-16(11-18)30-26(34)22-9-7-20(13-24(22)28(30)36)38-15-39-21-8-10-23-25(14-21)29(37)31(27(23)35)17-4-2-6-19(33)12-17/h1-14,32-33H,15H2. The van der Waals surface area contributed by atoms with E-state index >= 15 is 0 Å². The molecular weight excluding hydrogens is 504 g/mol. The number of nitrogens with zero attached hydrogens (tertiary/aromatic N) is 2. The molecule has 4 aromatic rings. The number of imide groups is 2. The summed E-state index contributed by atoms with van der Waals surface area (Å²) in [5.41, 5.74) is 1.20. The summed E-state index contributed by atoms with van der Waals surface area (Å²) >= 11 is 0. The van der Waals surface area contributed by atoms with Crippen LogP contribution < -0.4 is 19.3 Å². The van der Waals surface area contributed by atoms with Crippen LogP contribution in [0.1, 0.15) is 41.4 Å². The Bertz CT molecular complexity index is 1590. The van der Waals surface area contributed by atoms with Crippen molar-refractivity contribution in [2.24, 2.45) is 0 Å². The van der Waals surface area contributed by atoms with E-state index in [1.54, 1.807) is 12.1 Å². The van der Waals surface area contributed by atoms with Crippen LogP contribution in [0.15, 0.2) is 84.9 Å². The summed E-state index contributed by atoms with van der Waals surface area (Å²) < 4.78 is 11.2. The van der Waals surface area contributed by atoms with Gasteiger partial charge >= 0.3 is 0 Å². The maximum atomic E-state index is 12.9. The second kappa shape index (κ2) is 9.03. The summed E-state index contributed by atoms with van der Waals surface area (Å²) in [7, 11) is 0. The van der Waals surface area contributed by atoms with Crippen LogP contribution in [0.25, 0.3) is 0 Å². The predicted molar refractivity (Wildman–Crippen MR) is 138 cm³/mol. The minimum absolute atomic E-state index is 0.0741. The maximum Gasteiger partial charge on any atom is 0.266 e. The Hall–Kier alpha value is -5.64. The van der Waals surface area contributed by atoms with Gasteiger partial charge in [-0.3, -0.25) is 19.2 Å². The molecule has 2 N–H and O–H groups in total. The predicted octanol–water partition coefficient (Wildman–Crippen LogP) is 4.11. The summed E-state index contributed by atoms with van der Waals surface area (Å²) in [6, 6.07) is 20.5. The molecule has 0 spiro atoms. The van der Waals surface area contributed by atoms with Gasteiger partial charge in [-0.15, -0.1) is 0 Å². The van der Waals surface area contributed by atoms with Crippen molar-refractivity contribution < 1.29 is 38.9 Å². The number of phenolic OH excluding ortho intramolecular Hbond substituents is 2. The van der Waals surface area contributed by atoms with Gasteiger partial charge in [-0.25, -0.2) is 9.80 Å². The van der Waals surface area contributed by atoms with Gasteiger partial charge in [0, 0.05) is 12.1 Å². The van der Waals surface area contributed by atoms with Gasteiger partial charge in [0.15, 0.2) is 0 Å². The van der Waals surface area contributed by atoms with Crippen molar-refractivity contribution in [1.82, 2.24) is 0 Å². The van der Waals surface area contributed by atoms with Crippen LogP contribution in [0.2, 0.25) is 0 Å². The smallest absolute Gasteiger partial charge is 0.266 e. The van der Waals surface area contributed by atoms with Crippen LogP contribution in [0.4, 0.5) is 11.4 Å². The van der Waals surface area contributed by atoms with Crippen molar-refractivity contribution in [2.75, 3.05) is 16.6 Å². The lowest BCUT2D eigenvalue weighted by Crippen LogP contribution is -2.29. The number of amides is 4. The molecule has 192 valence electrons. The number of carbonyl (C=O) groups is 4. The molecule has 10 nitrogen and oxygen atoms in total. The molecule has 2 aliphatic heterocycles. The monoisotopic (exact) mass is 522 g/mol. The zero-order valence-corrected chi connectivity index (χ0v) is 20.0. The molecule has 6 rings (SSSR count). The molecule has 4 amide bonds. The zero-order chi connectivity index (χ0) is 27.3. The van der Waals surface area contributed by atoms with Crippen molar-refractivity contribution in [3.8, 4) is 23.0 Å². The molecular formula is C29H18N2O8. The second-order valence-corrected chi connectivity index (χ2v) is 8.75. The van der Waals surface area contributed by atoms with E-state index in [-0.39, 0.29) is 63.4 Å². The van der Waals surface area contributed by atoms with E-state index in [0.29, 0.717) is 0 Å². The van der Waals surface area contributed by atoms with Crippen molar-refractivity contribution in [3.63, 3.8) is 0 Å². The fourth-order valence-electron chi connectivity index (χ4n) is 4.52. The molecule has 0 bridgehead atoms. The van der Waals surface area contributed by atoms with Crippen LogP contribution >= 0.6 is 0 Å². The number of ether oxygens (including phenoxy) is 2.